The summed E-state index contributed by atoms with van der Waals surface area (Å²) in [5.74, 6) is -0.152. The molecule has 1 aliphatic heterocycles. The fourth-order valence-corrected chi connectivity index (χ4v) is 3.18. The van der Waals surface area contributed by atoms with E-state index in [2.05, 4.69) is 15.1 Å². The molecule has 1 saturated heterocycles. The van der Waals surface area contributed by atoms with Crippen LogP contribution in [0.5, 0.6) is 0 Å². The Balaban J connectivity index is 1.88. The zero-order valence-electron chi connectivity index (χ0n) is 13.9. The minimum Gasteiger partial charge on any atom is -0.464 e. The predicted octanol–water partition coefficient (Wildman–Crippen LogP) is 2.28. The Kier molecular flexibility index (Phi) is 4.64. The summed E-state index contributed by atoms with van der Waals surface area (Å²) >= 11 is 0. The molecular weight excluding hydrogens is 306 g/mol. The second-order valence-electron chi connectivity index (χ2n) is 5.91. The molecule has 0 amide bonds. The van der Waals surface area contributed by atoms with Crippen LogP contribution in [0.2, 0.25) is 0 Å². The molecule has 6 nitrogen and oxygen atoms in total. The highest BCUT2D eigenvalue weighted by Gasteiger charge is 2.32. The maximum absolute atomic E-state index is 12.2. The number of aryl methyl sites for hydroxylation is 1. The van der Waals surface area contributed by atoms with E-state index in [0.29, 0.717) is 12.3 Å². The van der Waals surface area contributed by atoms with Crippen molar-refractivity contribution in [2.24, 2.45) is 0 Å². The van der Waals surface area contributed by atoms with Gasteiger partial charge in [-0.25, -0.2) is 9.89 Å². The van der Waals surface area contributed by atoms with Gasteiger partial charge in [0.2, 0.25) is 0 Å². The molecule has 6 heteroatoms. The van der Waals surface area contributed by atoms with Crippen molar-refractivity contribution in [3.05, 3.63) is 46.2 Å². The van der Waals surface area contributed by atoms with Crippen LogP contribution in [0.3, 0.4) is 0 Å². The smallest absolute Gasteiger partial charge is 0.328 e. The van der Waals surface area contributed by atoms with E-state index < -0.39 is 0 Å². The standard InChI is InChI=1S/C18H21N3O3/c1-3-24-18(23)16-5-4-10-21(16)15-8-6-13(11-12(15)2)14-7-9-17(22)20-19-14/h6-9,11,16H,3-5,10H2,1-2H3,(H,20,22). The number of H-pyrrole nitrogens is 1. The summed E-state index contributed by atoms with van der Waals surface area (Å²) in [5, 5.41) is 6.51. The molecule has 126 valence electrons. The largest absolute Gasteiger partial charge is 0.464 e. The van der Waals surface area contributed by atoms with Gasteiger partial charge < -0.3 is 9.64 Å². The SMILES string of the molecule is CCOC(=O)C1CCCN1c1ccc(-c2ccc(=O)[nH]n2)cc1C. The monoisotopic (exact) mass is 327 g/mol. The van der Waals surface area contributed by atoms with Gasteiger partial charge in [0, 0.05) is 23.9 Å². The number of carbonyl (C=O) groups excluding carboxylic acids is 1. The van der Waals surface area contributed by atoms with Crippen molar-refractivity contribution in [3.63, 3.8) is 0 Å². The minimum atomic E-state index is -0.221. The summed E-state index contributed by atoms with van der Waals surface area (Å²) in [4.78, 5) is 25.4. The van der Waals surface area contributed by atoms with Crippen LogP contribution in [-0.2, 0) is 9.53 Å². The number of hydrogen-bond donors (Lipinski definition) is 1. The first-order valence-corrected chi connectivity index (χ1v) is 8.20. The first-order valence-electron chi connectivity index (χ1n) is 8.20. The summed E-state index contributed by atoms with van der Waals surface area (Å²) in [6.07, 6.45) is 1.80. The van der Waals surface area contributed by atoms with E-state index in [-0.39, 0.29) is 17.6 Å². The first kappa shape index (κ1) is 16.2. The van der Waals surface area contributed by atoms with Gasteiger partial charge in [-0.1, -0.05) is 6.07 Å². The molecule has 0 saturated carbocycles. The van der Waals surface area contributed by atoms with Gasteiger partial charge in [-0.05, 0) is 50.5 Å². The highest BCUT2D eigenvalue weighted by molar-refractivity contribution is 5.81. The van der Waals surface area contributed by atoms with Crippen LogP contribution in [0.4, 0.5) is 5.69 Å². The number of ether oxygens (including phenoxy) is 1. The summed E-state index contributed by atoms with van der Waals surface area (Å²) in [5.41, 5.74) is 3.53. The normalized spacial score (nSPS) is 17.1. The van der Waals surface area contributed by atoms with E-state index in [1.54, 1.807) is 6.07 Å². The molecule has 1 aliphatic rings. The zero-order chi connectivity index (χ0) is 17.1. The summed E-state index contributed by atoms with van der Waals surface area (Å²) in [6.45, 7) is 5.10. The van der Waals surface area contributed by atoms with E-state index in [9.17, 15) is 9.59 Å². The molecule has 0 bridgehead atoms. The Bertz CT molecular complexity index is 780. The topological polar surface area (TPSA) is 75.3 Å². The van der Waals surface area contributed by atoms with Crippen molar-refractivity contribution >= 4 is 11.7 Å². The number of carbonyl (C=O) groups is 1. The summed E-state index contributed by atoms with van der Waals surface area (Å²) in [7, 11) is 0. The second-order valence-corrected chi connectivity index (χ2v) is 5.91. The Labute approximate surface area is 140 Å². The molecule has 0 aliphatic carbocycles. The predicted molar refractivity (Wildman–Crippen MR) is 92.0 cm³/mol. The van der Waals surface area contributed by atoms with E-state index in [4.69, 9.17) is 4.74 Å². The third kappa shape index (κ3) is 3.18. The zero-order valence-corrected chi connectivity index (χ0v) is 13.9. The maximum atomic E-state index is 12.2. The van der Waals surface area contributed by atoms with Gasteiger partial charge in [0.1, 0.15) is 6.04 Å². The number of nitrogens with zero attached hydrogens (tertiary/aromatic N) is 2. The van der Waals surface area contributed by atoms with Crippen LogP contribution in [0.25, 0.3) is 11.3 Å². The Morgan fingerprint density at radius 1 is 1.38 bits per heavy atom. The van der Waals surface area contributed by atoms with Crippen molar-refractivity contribution in [1.29, 1.82) is 0 Å². The number of nitrogens with one attached hydrogen (secondary N) is 1. The molecule has 1 fully saturated rings. The van der Waals surface area contributed by atoms with E-state index in [1.807, 2.05) is 32.0 Å². The quantitative estimate of drug-likeness (QED) is 0.872. The molecular formula is C18H21N3O3. The lowest BCUT2D eigenvalue weighted by molar-refractivity contribution is -0.144. The van der Waals surface area contributed by atoms with Gasteiger partial charge in [-0.3, -0.25) is 4.79 Å². The third-order valence-corrected chi connectivity index (χ3v) is 4.29. The van der Waals surface area contributed by atoms with Gasteiger partial charge in [-0.2, -0.15) is 5.10 Å². The molecule has 2 heterocycles. The number of esters is 1. The van der Waals surface area contributed by atoms with E-state index >= 15 is 0 Å². The number of hydrogen-bond acceptors (Lipinski definition) is 5. The molecule has 3 rings (SSSR count). The number of rotatable bonds is 4. The average Bonchev–Trinajstić information content (AvgIpc) is 3.05. The highest BCUT2D eigenvalue weighted by atomic mass is 16.5. The number of benzene rings is 1. The van der Waals surface area contributed by atoms with Gasteiger partial charge in [0.25, 0.3) is 5.56 Å². The van der Waals surface area contributed by atoms with Crippen molar-refractivity contribution < 1.29 is 9.53 Å². The molecule has 1 atom stereocenters. The van der Waals surface area contributed by atoms with Gasteiger partial charge in [-0.15, -0.1) is 0 Å². The average molecular weight is 327 g/mol. The fraction of sp³-hybridized carbons (Fsp3) is 0.389. The van der Waals surface area contributed by atoms with Crippen molar-refractivity contribution in [3.8, 4) is 11.3 Å². The fourth-order valence-electron chi connectivity index (χ4n) is 3.18. The number of aromatic amines is 1. The van der Waals surface area contributed by atoms with E-state index in [0.717, 1.165) is 36.2 Å². The lowest BCUT2D eigenvalue weighted by Gasteiger charge is -2.27. The molecule has 1 aromatic heterocycles. The Hall–Kier alpha value is -2.63. The molecule has 1 N–H and O–H groups in total. The van der Waals surface area contributed by atoms with Gasteiger partial charge >= 0.3 is 5.97 Å². The minimum absolute atomic E-state index is 0.152. The van der Waals surface area contributed by atoms with Crippen molar-refractivity contribution in [2.75, 3.05) is 18.1 Å². The molecule has 0 radical (unpaired) electrons. The van der Waals surface area contributed by atoms with Crippen molar-refractivity contribution in [1.82, 2.24) is 10.2 Å². The molecule has 2 aromatic rings. The molecule has 0 spiro atoms. The summed E-state index contributed by atoms with van der Waals surface area (Å²) < 4.78 is 5.20. The molecule has 1 aromatic carbocycles. The van der Waals surface area contributed by atoms with Crippen LogP contribution in [0.1, 0.15) is 25.3 Å². The van der Waals surface area contributed by atoms with Crippen LogP contribution >= 0.6 is 0 Å². The van der Waals surface area contributed by atoms with Crippen molar-refractivity contribution in [2.45, 2.75) is 32.7 Å². The number of aromatic nitrogens is 2. The Morgan fingerprint density at radius 2 is 2.21 bits per heavy atom. The maximum Gasteiger partial charge on any atom is 0.328 e. The lowest BCUT2D eigenvalue weighted by Crippen LogP contribution is -2.37. The first-order chi connectivity index (χ1) is 11.6. The lowest BCUT2D eigenvalue weighted by atomic mass is 10.1. The van der Waals surface area contributed by atoms with Crippen LogP contribution in [0, 0.1) is 6.92 Å². The van der Waals surface area contributed by atoms with Gasteiger partial charge in [0.05, 0.1) is 12.3 Å². The molecule has 1 unspecified atom stereocenters. The highest BCUT2D eigenvalue weighted by Crippen LogP contribution is 2.31. The number of anilines is 1. The second kappa shape index (κ2) is 6.86. The molecule has 24 heavy (non-hydrogen) atoms. The Morgan fingerprint density at radius 3 is 2.88 bits per heavy atom. The van der Waals surface area contributed by atoms with Crippen LogP contribution in [0.15, 0.2) is 35.1 Å². The summed E-state index contributed by atoms with van der Waals surface area (Å²) in [6, 6.07) is 8.95. The van der Waals surface area contributed by atoms with Crippen LogP contribution < -0.4 is 10.5 Å². The van der Waals surface area contributed by atoms with E-state index in [1.165, 1.54) is 6.07 Å². The van der Waals surface area contributed by atoms with Gasteiger partial charge in [0.15, 0.2) is 0 Å². The third-order valence-electron chi connectivity index (χ3n) is 4.29. The van der Waals surface area contributed by atoms with Crippen LogP contribution in [-0.4, -0.2) is 35.4 Å².